The van der Waals surface area contributed by atoms with Crippen LogP contribution < -0.4 is 4.90 Å². The van der Waals surface area contributed by atoms with Gasteiger partial charge in [-0.25, -0.2) is 13.4 Å². The van der Waals surface area contributed by atoms with Crippen LogP contribution >= 0.6 is 11.6 Å². The van der Waals surface area contributed by atoms with Crippen molar-refractivity contribution in [1.29, 1.82) is 0 Å². The highest BCUT2D eigenvalue weighted by atomic mass is 35.5. The zero-order valence-electron chi connectivity index (χ0n) is 13.4. The Balaban J connectivity index is 2.11. The largest absolute Gasteiger partial charge is 0.354 e. The summed E-state index contributed by atoms with van der Waals surface area (Å²) in [5, 5.41) is 0.952. The second kappa shape index (κ2) is 6.29. The van der Waals surface area contributed by atoms with E-state index in [1.54, 1.807) is 0 Å². The highest BCUT2D eigenvalue weighted by Gasteiger charge is 2.26. The molecule has 1 fully saturated rings. The molecule has 1 unspecified atom stereocenters. The number of nitrogens with zero attached hydrogens (tertiary/aromatic N) is 2. The molecule has 2 aromatic rings. The minimum atomic E-state index is -2.92. The molecule has 1 aliphatic rings. The van der Waals surface area contributed by atoms with Gasteiger partial charge < -0.3 is 4.90 Å². The predicted octanol–water partition coefficient (Wildman–Crippen LogP) is 3.47. The fourth-order valence-electron chi connectivity index (χ4n) is 2.98. The minimum Gasteiger partial charge on any atom is -0.354 e. The summed E-state index contributed by atoms with van der Waals surface area (Å²) in [6.45, 7) is 5.04. The van der Waals surface area contributed by atoms with E-state index in [-0.39, 0.29) is 16.9 Å². The Morgan fingerprint density at radius 3 is 2.65 bits per heavy atom. The number of hydrogen-bond acceptors (Lipinski definition) is 4. The van der Waals surface area contributed by atoms with E-state index in [2.05, 4.69) is 11.0 Å². The third-order valence-corrected chi connectivity index (χ3v) is 6.55. The van der Waals surface area contributed by atoms with Crippen molar-refractivity contribution in [1.82, 2.24) is 4.98 Å². The predicted molar refractivity (Wildman–Crippen MR) is 96.2 cm³/mol. The maximum atomic E-state index is 11.7. The number of fused-ring (bicyclic) bond motifs is 1. The van der Waals surface area contributed by atoms with Crippen molar-refractivity contribution in [3.05, 3.63) is 35.4 Å². The van der Waals surface area contributed by atoms with E-state index in [0.717, 1.165) is 34.3 Å². The summed E-state index contributed by atoms with van der Waals surface area (Å²) < 4.78 is 23.4. The first-order chi connectivity index (χ1) is 10.9. The summed E-state index contributed by atoms with van der Waals surface area (Å²) in [5.74, 6) is 1.20. The quantitative estimate of drug-likeness (QED) is 0.794. The van der Waals surface area contributed by atoms with Crippen molar-refractivity contribution in [3.63, 3.8) is 0 Å². The molecule has 0 amide bonds. The van der Waals surface area contributed by atoms with E-state index in [0.29, 0.717) is 13.1 Å². The van der Waals surface area contributed by atoms with Gasteiger partial charge in [-0.05, 0) is 25.0 Å². The van der Waals surface area contributed by atoms with Gasteiger partial charge in [-0.3, -0.25) is 0 Å². The van der Waals surface area contributed by atoms with Crippen molar-refractivity contribution in [2.24, 2.45) is 0 Å². The second-order valence-corrected chi connectivity index (χ2v) is 8.89. The van der Waals surface area contributed by atoms with Gasteiger partial charge >= 0.3 is 0 Å². The Bertz CT molecular complexity index is 822. The van der Waals surface area contributed by atoms with Gasteiger partial charge in [-0.15, -0.1) is 11.6 Å². The van der Waals surface area contributed by atoms with E-state index >= 15 is 0 Å². The number of alkyl halides is 1. The van der Waals surface area contributed by atoms with Crippen molar-refractivity contribution in [2.75, 3.05) is 29.5 Å². The van der Waals surface area contributed by atoms with Crippen LogP contribution in [0.2, 0.25) is 0 Å². The molecule has 6 heteroatoms. The molecule has 1 atom stereocenters. The monoisotopic (exact) mass is 352 g/mol. The van der Waals surface area contributed by atoms with Crippen LogP contribution in [0, 0.1) is 6.92 Å². The lowest BCUT2D eigenvalue weighted by molar-refractivity contribution is 0.586. The summed E-state index contributed by atoms with van der Waals surface area (Å²) in [6.07, 6.45) is 0.805. The normalized spacial score (nSPS) is 19.0. The van der Waals surface area contributed by atoms with E-state index in [9.17, 15) is 8.42 Å². The molecule has 1 aromatic carbocycles. The molecule has 23 heavy (non-hydrogen) atoms. The molecule has 124 valence electrons. The topological polar surface area (TPSA) is 50.3 Å². The van der Waals surface area contributed by atoms with Crippen molar-refractivity contribution >= 4 is 38.2 Å². The van der Waals surface area contributed by atoms with Crippen LogP contribution in [0.25, 0.3) is 10.9 Å². The number of halogens is 1. The first-order valence-corrected chi connectivity index (χ1v) is 10.2. The summed E-state index contributed by atoms with van der Waals surface area (Å²) in [7, 11) is -2.92. The van der Waals surface area contributed by atoms with Gasteiger partial charge in [0.05, 0.1) is 22.4 Å². The van der Waals surface area contributed by atoms with Crippen molar-refractivity contribution in [2.45, 2.75) is 25.6 Å². The van der Waals surface area contributed by atoms with Crippen LogP contribution in [0.4, 0.5) is 5.82 Å². The van der Waals surface area contributed by atoms with Crippen molar-refractivity contribution in [3.8, 4) is 0 Å². The third kappa shape index (κ3) is 3.31. The number of anilines is 1. The highest BCUT2D eigenvalue weighted by molar-refractivity contribution is 7.91. The molecule has 0 radical (unpaired) electrons. The first-order valence-electron chi connectivity index (χ1n) is 7.91. The molecule has 0 bridgehead atoms. The lowest BCUT2D eigenvalue weighted by Gasteiger charge is -2.30. The SMILES string of the molecule is CCC(Cl)c1cc2cccc(C)c2nc1N1CCS(=O)(=O)CC1. The van der Waals surface area contributed by atoms with E-state index in [1.165, 1.54) is 0 Å². The van der Waals surface area contributed by atoms with Crippen LogP contribution in [0.15, 0.2) is 24.3 Å². The lowest BCUT2D eigenvalue weighted by atomic mass is 10.0. The maximum absolute atomic E-state index is 11.7. The molecular weight excluding hydrogens is 332 g/mol. The number of sulfone groups is 1. The standard InChI is InChI=1S/C17H21ClN2O2S/c1-3-15(18)14-11-13-6-4-5-12(2)16(13)19-17(14)20-7-9-23(21,22)10-8-20/h4-6,11,15H,3,7-10H2,1-2H3. The Morgan fingerprint density at radius 2 is 2.00 bits per heavy atom. The zero-order chi connectivity index (χ0) is 16.6. The molecule has 4 nitrogen and oxygen atoms in total. The third-order valence-electron chi connectivity index (χ3n) is 4.40. The first kappa shape index (κ1) is 16.5. The van der Waals surface area contributed by atoms with Crippen LogP contribution in [0.3, 0.4) is 0 Å². The molecular formula is C17H21ClN2O2S. The van der Waals surface area contributed by atoms with Gasteiger partial charge in [0.15, 0.2) is 9.84 Å². The molecule has 0 spiro atoms. The number of para-hydroxylation sites is 1. The lowest BCUT2D eigenvalue weighted by Crippen LogP contribution is -2.41. The Morgan fingerprint density at radius 1 is 1.30 bits per heavy atom. The van der Waals surface area contributed by atoms with Gasteiger partial charge in [0, 0.05) is 24.0 Å². The average Bonchev–Trinajstić information content (AvgIpc) is 2.53. The van der Waals surface area contributed by atoms with Gasteiger partial charge in [-0.2, -0.15) is 0 Å². The van der Waals surface area contributed by atoms with Crippen LogP contribution in [0.5, 0.6) is 0 Å². The smallest absolute Gasteiger partial charge is 0.153 e. The second-order valence-electron chi connectivity index (χ2n) is 6.06. The number of pyridine rings is 1. The van der Waals surface area contributed by atoms with Gasteiger partial charge in [0.25, 0.3) is 0 Å². The molecule has 0 saturated carbocycles. The molecule has 1 aromatic heterocycles. The summed E-state index contributed by atoms with van der Waals surface area (Å²) in [5.41, 5.74) is 3.06. The Labute approximate surface area is 142 Å². The summed E-state index contributed by atoms with van der Waals surface area (Å²) in [4.78, 5) is 6.92. The number of benzene rings is 1. The molecule has 3 rings (SSSR count). The van der Waals surface area contributed by atoms with E-state index in [4.69, 9.17) is 16.6 Å². The van der Waals surface area contributed by atoms with Gasteiger partial charge in [0.1, 0.15) is 5.82 Å². The fourth-order valence-corrected chi connectivity index (χ4v) is 4.34. The number of aryl methyl sites for hydroxylation is 1. The molecule has 1 aliphatic heterocycles. The minimum absolute atomic E-state index is 0.124. The van der Waals surface area contributed by atoms with E-state index < -0.39 is 9.84 Å². The molecule has 0 aliphatic carbocycles. The van der Waals surface area contributed by atoms with Crippen molar-refractivity contribution < 1.29 is 8.42 Å². The highest BCUT2D eigenvalue weighted by Crippen LogP contribution is 2.35. The van der Waals surface area contributed by atoms with Crippen LogP contribution in [-0.2, 0) is 9.84 Å². The molecule has 0 N–H and O–H groups in total. The Hall–Kier alpha value is -1.33. The number of hydrogen-bond donors (Lipinski definition) is 0. The van der Waals surface area contributed by atoms with Crippen LogP contribution in [-0.4, -0.2) is 38.0 Å². The van der Waals surface area contributed by atoms with Crippen LogP contribution in [0.1, 0.15) is 29.8 Å². The number of rotatable bonds is 3. The zero-order valence-corrected chi connectivity index (χ0v) is 15.0. The number of aromatic nitrogens is 1. The molecule has 1 saturated heterocycles. The summed E-state index contributed by atoms with van der Waals surface area (Å²) >= 11 is 6.53. The maximum Gasteiger partial charge on any atom is 0.153 e. The van der Waals surface area contributed by atoms with Gasteiger partial charge in [-0.1, -0.05) is 25.1 Å². The van der Waals surface area contributed by atoms with E-state index in [1.807, 2.05) is 32.0 Å². The fraction of sp³-hybridized carbons (Fsp3) is 0.471. The molecule has 2 heterocycles. The summed E-state index contributed by atoms with van der Waals surface area (Å²) in [6, 6.07) is 8.21. The van der Waals surface area contributed by atoms with Gasteiger partial charge in [0.2, 0.25) is 0 Å². The Kier molecular flexibility index (Phi) is 4.52. The average molecular weight is 353 g/mol.